The highest BCUT2D eigenvalue weighted by atomic mass is 16.4. The molecule has 1 amide bonds. The Bertz CT molecular complexity index is 1180. The van der Waals surface area contributed by atoms with E-state index in [-0.39, 0.29) is 5.56 Å². The van der Waals surface area contributed by atoms with Crippen LogP contribution in [0.3, 0.4) is 0 Å². The van der Waals surface area contributed by atoms with E-state index in [1.165, 1.54) is 36.7 Å². The summed E-state index contributed by atoms with van der Waals surface area (Å²) in [5.74, 6) is 1.09. The van der Waals surface area contributed by atoms with Gasteiger partial charge in [0.25, 0.3) is 5.56 Å². The number of nitrogens with zero attached hydrogens (tertiary/aromatic N) is 2. The van der Waals surface area contributed by atoms with Crippen molar-refractivity contribution in [3.8, 4) is 5.69 Å². The van der Waals surface area contributed by atoms with Gasteiger partial charge in [-0.25, -0.2) is 9.78 Å². The van der Waals surface area contributed by atoms with Crippen LogP contribution in [0.4, 0.5) is 4.79 Å². The second-order valence-corrected chi connectivity index (χ2v) is 8.50. The first-order chi connectivity index (χ1) is 15.5. The van der Waals surface area contributed by atoms with Crippen molar-refractivity contribution >= 4 is 23.1 Å². The van der Waals surface area contributed by atoms with Crippen LogP contribution in [0.5, 0.6) is 0 Å². The largest absolute Gasteiger partial charge is 0.465 e. The summed E-state index contributed by atoms with van der Waals surface area (Å²) in [6.45, 7) is 1.69. The fraction of sp³-hybridized carbons (Fsp3) is 0.346. The van der Waals surface area contributed by atoms with E-state index >= 15 is 0 Å². The molecule has 1 fully saturated rings. The van der Waals surface area contributed by atoms with Gasteiger partial charge in [-0.15, -0.1) is 0 Å². The molecule has 1 heterocycles. The van der Waals surface area contributed by atoms with Crippen LogP contribution in [-0.4, -0.2) is 20.8 Å². The average molecular weight is 432 g/mol. The molecule has 1 aromatic heterocycles. The maximum atomic E-state index is 13.7. The van der Waals surface area contributed by atoms with E-state index in [1.807, 2.05) is 54.6 Å². The van der Waals surface area contributed by atoms with Gasteiger partial charge in [0, 0.05) is 0 Å². The lowest BCUT2D eigenvalue weighted by atomic mass is 9.87. The molecule has 6 nitrogen and oxygen atoms in total. The molecule has 2 aromatic carbocycles. The normalized spacial score (nSPS) is 15.8. The van der Waals surface area contributed by atoms with Gasteiger partial charge in [0.1, 0.15) is 5.82 Å². The Hall–Kier alpha value is -3.41. The highest BCUT2D eigenvalue weighted by Gasteiger charge is 2.20. The van der Waals surface area contributed by atoms with Gasteiger partial charge >= 0.3 is 6.09 Å². The number of carbonyl (C=O) groups is 1. The van der Waals surface area contributed by atoms with Crippen LogP contribution in [0, 0.1) is 5.92 Å². The molecule has 0 bridgehead atoms. The fourth-order valence-corrected chi connectivity index (χ4v) is 4.59. The van der Waals surface area contributed by atoms with Gasteiger partial charge in [0.05, 0.1) is 22.6 Å². The summed E-state index contributed by atoms with van der Waals surface area (Å²) in [6.07, 6.45) is 10.6. The van der Waals surface area contributed by atoms with Crippen molar-refractivity contribution in [2.24, 2.45) is 5.92 Å². The second-order valence-electron chi connectivity index (χ2n) is 8.50. The zero-order valence-corrected chi connectivity index (χ0v) is 18.3. The average Bonchev–Trinajstić information content (AvgIpc) is 2.79. The van der Waals surface area contributed by atoms with Crippen LogP contribution in [0.25, 0.3) is 22.7 Å². The molecule has 1 aliphatic rings. The zero-order valence-electron chi connectivity index (χ0n) is 18.3. The van der Waals surface area contributed by atoms with Gasteiger partial charge in [0.15, 0.2) is 0 Å². The number of fused-ring (bicyclic) bond motifs is 1. The van der Waals surface area contributed by atoms with Crippen molar-refractivity contribution in [3.63, 3.8) is 0 Å². The van der Waals surface area contributed by atoms with Gasteiger partial charge in [-0.1, -0.05) is 74.6 Å². The summed E-state index contributed by atoms with van der Waals surface area (Å²) in [4.78, 5) is 29.7. The first-order valence-electron chi connectivity index (χ1n) is 11.3. The molecule has 0 spiro atoms. The number of hydrogen-bond donors (Lipinski definition) is 2. The van der Waals surface area contributed by atoms with E-state index in [0.29, 0.717) is 22.4 Å². The monoisotopic (exact) mass is 431 g/mol. The number of rotatable bonds is 6. The molecule has 0 aliphatic heterocycles. The summed E-state index contributed by atoms with van der Waals surface area (Å²) < 4.78 is 1.52. The number of aromatic nitrogens is 2. The van der Waals surface area contributed by atoms with Gasteiger partial charge in [-0.05, 0) is 43.0 Å². The lowest BCUT2D eigenvalue weighted by Gasteiger charge is -2.20. The van der Waals surface area contributed by atoms with Gasteiger partial charge in [-0.3, -0.25) is 9.36 Å². The highest BCUT2D eigenvalue weighted by Crippen LogP contribution is 2.27. The third-order valence-corrected chi connectivity index (χ3v) is 6.19. The first kappa shape index (κ1) is 21.8. The number of benzene rings is 2. The summed E-state index contributed by atoms with van der Waals surface area (Å²) in [5, 5.41) is 12.2. The lowest BCUT2D eigenvalue weighted by molar-refractivity contribution is 0.190. The Kier molecular flexibility index (Phi) is 6.69. The molecule has 6 heteroatoms. The fourth-order valence-electron chi connectivity index (χ4n) is 4.59. The summed E-state index contributed by atoms with van der Waals surface area (Å²) in [5.41, 5.74) is 1.86. The molecule has 0 radical (unpaired) electrons. The van der Waals surface area contributed by atoms with Crippen LogP contribution in [0.2, 0.25) is 0 Å². The van der Waals surface area contributed by atoms with Crippen molar-refractivity contribution in [2.75, 3.05) is 0 Å². The molecule has 4 rings (SSSR count). The Morgan fingerprint density at radius 3 is 2.62 bits per heavy atom. The zero-order chi connectivity index (χ0) is 22.5. The van der Waals surface area contributed by atoms with E-state index in [4.69, 9.17) is 4.98 Å². The van der Waals surface area contributed by atoms with Crippen molar-refractivity contribution < 1.29 is 9.90 Å². The molecular weight excluding hydrogens is 402 g/mol. The smallest absolute Gasteiger partial charge is 0.405 e. The van der Waals surface area contributed by atoms with Crippen LogP contribution in [0.1, 0.15) is 62.9 Å². The molecule has 166 valence electrons. The highest BCUT2D eigenvalue weighted by molar-refractivity contribution is 5.87. The quantitative estimate of drug-likeness (QED) is 0.524. The van der Waals surface area contributed by atoms with Crippen molar-refractivity contribution in [2.45, 2.75) is 51.5 Å². The molecule has 1 aliphatic carbocycles. The van der Waals surface area contributed by atoms with E-state index in [2.05, 4.69) is 11.4 Å². The van der Waals surface area contributed by atoms with Crippen molar-refractivity contribution in [1.82, 2.24) is 14.9 Å². The number of para-hydroxylation sites is 1. The van der Waals surface area contributed by atoms with Crippen LogP contribution in [0.15, 0.2) is 59.4 Å². The predicted octanol–water partition coefficient (Wildman–Crippen LogP) is 5.70. The van der Waals surface area contributed by atoms with E-state index in [9.17, 15) is 14.7 Å². The topological polar surface area (TPSA) is 84.2 Å². The van der Waals surface area contributed by atoms with Crippen LogP contribution >= 0.6 is 0 Å². The van der Waals surface area contributed by atoms with Crippen molar-refractivity contribution in [1.29, 1.82) is 0 Å². The number of carboxylic acid groups (broad SMARTS) is 1. The molecule has 1 atom stereocenters. The number of nitrogens with one attached hydrogen (secondary N) is 1. The van der Waals surface area contributed by atoms with Gasteiger partial charge < -0.3 is 10.4 Å². The number of amides is 1. The van der Waals surface area contributed by atoms with E-state index < -0.39 is 12.1 Å². The molecule has 3 aromatic rings. The number of hydrogen-bond acceptors (Lipinski definition) is 3. The lowest BCUT2D eigenvalue weighted by Crippen LogP contribution is -2.32. The minimum atomic E-state index is -1.16. The third-order valence-electron chi connectivity index (χ3n) is 6.19. The molecule has 1 saturated carbocycles. The van der Waals surface area contributed by atoms with E-state index in [1.54, 1.807) is 6.92 Å². The Morgan fingerprint density at radius 1 is 1.16 bits per heavy atom. The van der Waals surface area contributed by atoms with Crippen LogP contribution < -0.4 is 10.9 Å². The summed E-state index contributed by atoms with van der Waals surface area (Å²) >= 11 is 0. The second kappa shape index (κ2) is 9.81. The van der Waals surface area contributed by atoms with Crippen LogP contribution in [-0.2, 0) is 0 Å². The van der Waals surface area contributed by atoms with E-state index in [0.717, 1.165) is 17.9 Å². The minimum Gasteiger partial charge on any atom is -0.465 e. The van der Waals surface area contributed by atoms with Crippen molar-refractivity contribution in [3.05, 3.63) is 76.3 Å². The molecular formula is C26H29N3O3. The standard InChI is InChI=1S/C26H29N3O3/c1-18(27-26(31)32)24-28-22-17-9-14-20(13-8-12-19-10-4-2-5-11-19)23(22)25(30)29(24)21-15-6-3-7-16-21/h3,6-9,13-19,27H,2,4-5,10-12H2,1H3,(H,31,32)/b13-8+. The summed E-state index contributed by atoms with van der Waals surface area (Å²) in [7, 11) is 0. The first-order valence-corrected chi connectivity index (χ1v) is 11.3. The maximum Gasteiger partial charge on any atom is 0.405 e. The Labute approximate surface area is 187 Å². The third kappa shape index (κ3) is 4.74. The SMILES string of the molecule is CC(NC(=O)O)c1nc2cccc(/C=C/CC3CCCCC3)c2c(=O)n1-c1ccccc1. The molecule has 0 saturated heterocycles. The van der Waals surface area contributed by atoms with Gasteiger partial charge in [-0.2, -0.15) is 0 Å². The maximum absolute atomic E-state index is 13.7. The molecule has 32 heavy (non-hydrogen) atoms. The predicted molar refractivity (Wildman–Crippen MR) is 127 cm³/mol. The Morgan fingerprint density at radius 2 is 1.91 bits per heavy atom. The molecule has 2 N–H and O–H groups in total. The number of allylic oxidation sites excluding steroid dienone is 1. The minimum absolute atomic E-state index is 0.201. The Balaban J connectivity index is 1.81. The van der Waals surface area contributed by atoms with Gasteiger partial charge in [0.2, 0.25) is 0 Å². The molecule has 1 unspecified atom stereocenters. The summed E-state index contributed by atoms with van der Waals surface area (Å²) in [6, 6.07) is 14.2.